The Balaban J connectivity index is 1.89. The Bertz CT molecular complexity index is 732. The van der Waals surface area contributed by atoms with E-state index in [1.165, 1.54) is 0 Å². The summed E-state index contributed by atoms with van der Waals surface area (Å²) in [7, 11) is 0. The summed E-state index contributed by atoms with van der Waals surface area (Å²) < 4.78 is 5.44. The molecule has 1 atom stereocenters. The van der Waals surface area contributed by atoms with Crippen LogP contribution in [0.25, 0.3) is 11.0 Å². The van der Waals surface area contributed by atoms with Crippen LogP contribution < -0.4 is 0 Å². The summed E-state index contributed by atoms with van der Waals surface area (Å²) in [4.78, 5) is 23.5. The van der Waals surface area contributed by atoms with E-state index in [1.54, 1.807) is 17.0 Å². The van der Waals surface area contributed by atoms with Crippen molar-refractivity contribution in [1.29, 1.82) is 0 Å². The van der Waals surface area contributed by atoms with E-state index in [2.05, 4.69) is 9.97 Å². The van der Waals surface area contributed by atoms with Gasteiger partial charge in [0.25, 0.3) is 5.91 Å². The maximum Gasteiger partial charge on any atom is 0.254 e. The molecule has 0 radical (unpaired) electrons. The lowest BCUT2D eigenvalue weighted by molar-refractivity contribution is 0.0728. The van der Waals surface area contributed by atoms with Crippen LogP contribution in [0.3, 0.4) is 0 Å². The molecule has 1 aromatic heterocycles. The van der Waals surface area contributed by atoms with Crippen LogP contribution in [0, 0.1) is 19.8 Å². The first kappa shape index (κ1) is 15.8. The number of carbonyl (C=O) groups excluding carboxylic acids is 1. The lowest BCUT2D eigenvalue weighted by atomic mass is 10.1. The molecule has 1 fully saturated rings. The van der Waals surface area contributed by atoms with E-state index in [9.17, 15) is 9.90 Å². The zero-order chi connectivity index (χ0) is 16.4. The van der Waals surface area contributed by atoms with E-state index >= 15 is 0 Å². The number of ether oxygens (including phenoxy) is 1. The Labute approximate surface area is 135 Å². The van der Waals surface area contributed by atoms with Crippen LogP contribution in [0.5, 0.6) is 0 Å². The van der Waals surface area contributed by atoms with Crippen molar-refractivity contribution in [2.75, 3.05) is 32.9 Å². The van der Waals surface area contributed by atoms with E-state index < -0.39 is 0 Å². The Kier molecular flexibility index (Phi) is 4.54. The predicted molar refractivity (Wildman–Crippen MR) is 86.3 cm³/mol. The number of hydrogen-bond donors (Lipinski definition) is 1. The van der Waals surface area contributed by atoms with Crippen LogP contribution in [0.1, 0.15) is 21.7 Å². The minimum atomic E-state index is -0.0594. The summed E-state index contributed by atoms with van der Waals surface area (Å²) in [5.74, 6) is -0.0949. The van der Waals surface area contributed by atoms with Crippen molar-refractivity contribution < 1.29 is 14.6 Å². The van der Waals surface area contributed by atoms with Gasteiger partial charge in [0.15, 0.2) is 0 Å². The number of aliphatic hydroxyl groups excluding tert-OH is 1. The fraction of sp³-hybridized carbons (Fsp3) is 0.471. The zero-order valence-electron chi connectivity index (χ0n) is 13.5. The van der Waals surface area contributed by atoms with Crippen molar-refractivity contribution in [1.82, 2.24) is 14.9 Å². The number of aryl methyl sites for hydroxylation is 2. The second-order valence-corrected chi connectivity index (χ2v) is 5.97. The first-order valence-corrected chi connectivity index (χ1v) is 7.81. The molecular formula is C17H21N3O3. The Morgan fingerprint density at radius 3 is 2.78 bits per heavy atom. The van der Waals surface area contributed by atoms with Gasteiger partial charge in [0.05, 0.1) is 35.6 Å². The summed E-state index contributed by atoms with van der Waals surface area (Å²) in [6.45, 7) is 5.88. The molecule has 1 saturated heterocycles. The maximum absolute atomic E-state index is 12.8. The van der Waals surface area contributed by atoms with Gasteiger partial charge >= 0.3 is 0 Å². The number of aliphatic hydroxyl groups is 1. The van der Waals surface area contributed by atoms with Gasteiger partial charge in [-0.2, -0.15) is 0 Å². The number of rotatable bonds is 2. The van der Waals surface area contributed by atoms with Crippen LogP contribution in [-0.2, 0) is 4.74 Å². The summed E-state index contributed by atoms with van der Waals surface area (Å²) >= 11 is 0. The number of fused-ring (bicyclic) bond motifs is 1. The van der Waals surface area contributed by atoms with Crippen molar-refractivity contribution in [2.24, 2.45) is 5.92 Å². The molecule has 122 valence electrons. The van der Waals surface area contributed by atoms with Crippen molar-refractivity contribution in [2.45, 2.75) is 13.8 Å². The van der Waals surface area contributed by atoms with Gasteiger partial charge in [0.1, 0.15) is 0 Å². The van der Waals surface area contributed by atoms with Gasteiger partial charge in [-0.15, -0.1) is 0 Å². The molecule has 0 bridgehead atoms. The highest BCUT2D eigenvalue weighted by molar-refractivity contribution is 5.97. The average molecular weight is 315 g/mol. The topological polar surface area (TPSA) is 75.6 Å². The number of aromatic nitrogens is 2. The summed E-state index contributed by atoms with van der Waals surface area (Å²) in [6, 6.07) is 5.41. The van der Waals surface area contributed by atoms with Gasteiger partial charge in [0, 0.05) is 31.2 Å². The second kappa shape index (κ2) is 6.60. The highest BCUT2D eigenvalue weighted by atomic mass is 16.5. The Hall–Kier alpha value is -2.05. The third-order valence-electron chi connectivity index (χ3n) is 4.21. The zero-order valence-corrected chi connectivity index (χ0v) is 13.5. The lowest BCUT2D eigenvalue weighted by Gasteiger charge is -2.22. The summed E-state index contributed by atoms with van der Waals surface area (Å²) in [6.07, 6.45) is 0. The molecule has 6 nitrogen and oxygen atoms in total. The molecule has 0 saturated carbocycles. The van der Waals surface area contributed by atoms with Crippen LogP contribution in [-0.4, -0.2) is 58.8 Å². The van der Waals surface area contributed by atoms with Crippen molar-refractivity contribution in [3.63, 3.8) is 0 Å². The molecule has 1 N–H and O–H groups in total. The van der Waals surface area contributed by atoms with Gasteiger partial charge in [0.2, 0.25) is 0 Å². The molecule has 3 rings (SSSR count). The third kappa shape index (κ3) is 3.33. The van der Waals surface area contributed by atoms with E-state index in [4.69, 9.17) is 4.74 Å². The number of nitrogens with zero attached hydrogens (tertiary/aromatic N) is 3. The first-order valence-electron chi connectivity index (χ1n) is 7.81. The quantitative estimate of drug-likeness (QED) is 0.905. The van der Waals surface area contributed by atoms with Crippen molar-refractivity contribution >= 4 is 16.9 Å². The van der Waals surface area contributed by atoms with Crippen LogP contribution in [0.2, 0.25) is 0 Å². The van der Waals surface area contributed by atoms with E-state index in [0.717, 1.165) is 22.4 Å². The maximum atomic E-state index is 12.8. The van der Waals surface area contributed by atoms with Gasteiger partial charge in [-0.25, -0.2) is 9.97 Å². The number of amides is 1. The molecule has 6 heteroatoms. The fourth-order valence-electron chi connectivity index (χ4n) is 2.72. The molecule has 0 spiro atoms. The number of hydrogen-bond acceptors (Lipinski definition) is 5. The first-order chi connectivity index (χ1) is 11.1. The van der Waals surface area contributed by atoms with Crippen molar-refractivity contribution in [3.05, 3.63) is 35.2 Å². The van der Waals surface area contributed by atoms with Crippen LogP contribution in [0.4, 0.5) is 0 Å². The standard InChI is InChI=1S/C17H21N3O3/c1-11-12(2)19-16-7-14(3-4-15(16)18-11)17(22)20-5-6-23-10-13(8-20)9-21/h3-4,7,13,21H,5-6,8-10H2,1-2H3/t13-/m0/s1. The molecule has 1 aliphatic rings. The molecular weight excluding hydrogens is 294 g/mol. The average Bonchev–Trinajstić information content (AvgIpc) is 2.80. The molecule has 1 amide bonds. The smallest absolute Gasteiger partial charge is 0.254 e. The molecule has 0 aliphatic carbocycles. The van der Waals surface area contributed by atoms with E-state index in [1.807, 2.05) is 19.9 Å². The Morgan fingerprint density at radius 1 is 1.30 bits per heavy atom. The summed E-state index contributed by atoms with van der Waals surface area (Å²) in [5.41, 5.74) is 3.87. The lowest BCUT2D eigenvalue weighted by Crippen LogP contribution is -2.36. The highest BCUT2D eigenvalue weighted by Crippen LogP contribution is 2.17. The van der Waals surface area contributed by atoms with Gasteiger partial charge in [-0.05, 0) is 32.0 Å². The molecule has 2 aromatic rings. The van der Waals surface area contributed by atoms with Gasteiger partial charge in [-0.3, -0.25) is 4.79 Å². The van der Waals surface area contributed by atoms with Crippen LogP contribution >= 0.6 is 0 Å². The molecule has 1 aliphatic heterocycles. The molecule has 23 heavy (non-hydrogen) atoms. The highest BCUT2D eigenvalue weighted by Gasteiger charge is 2.23. The van der Waals surface area contributed by atoms with Gasteiger partial charge in [-0.1, -0.05) is 0 Å². The predicted octanol–water partition coefficient (Wildman–Crippen LogP) is 1.33. The minimum Gasteiger partial charge on any atom is -0.396 e. The Morgan fingerprint density at radius 2 is 2.04 bits per heavy atom. The fourth-order valence-corrected chi connectivity index (χ4v) is 2.72. The monoisotopic (exact) mass is 315 g/mol. The van der Waals surface area contributed by atoms with E-state index in [0.29, 0.717) is 31.9 Å². The van der Waals surface area contributed by atoms with Gasteiger partial charge < -0.3 is 14.7 Å². The van der Waals surface area contributed by atoms with Crippen molar-refractivity contribution in [3.8, 4) is 0 Å². The normalized spacial score (nSPS) is 18.9. The van der Waals surface area contributed by atoms with Crippen LogP contribution in [0.15, 0.2) is 18.2 Å². The molecule has 1 aromatic carbocycles. The minimum absolute atomic E-state index is 0.0193. The number of benzene rings is 1. The van der Waals surface area contributed by atoms with E-state index in [-0.39, 0.29) is 18.4 Å². The largest absolute Gasteiger partial charge is 0.396 e. The third-order valence-corrected chi connectivity index (χ3v) is 4.21. The summed E-state index contributed by atoms with van der Waals surface area (Å²) in [5, 5.41) is 9.35. The number of carbonyl (C=O) groups is 1. The molecule has 0 unspecified atom stereocenters. The molecule has 2 heterocycles. The SMILES string of the molecule is Cc1nc2ccc(C(=O)N3CCOC[C@H](CO)C3)cc2nc1C. The second-order valence-electron chi connectivity index (χ2n) is 5.97.